The first kappa shape index (κ1) is 16.4. The van der Waals surface area contributed by atoms with Crippen LogP contribution in [-0.4, -0.2) is 19.8 Å². The molecule has 0 spiro atoms. The number of hydrogen-bond donors (Lipinski definition) is 0. The quantitative estimate of drug-likeness (QED) is 0.656. The van der Waals surface area contributed by atoms with Crippen LogP contribution in [0.4, 0.5) is 0 Å². The van der Waals surface area contributed by atoms with Crippen molar-refractivity contribution in [3.05, 3.63) is 72.6 Å². The molecule has 1 aromatic carbocycles. The van der Waals surface area contributed by atoms with E-state index >= 15 is 0 Å². The first-order chi connectivity index (χ1) is 11.6. The number of ether oxygens (including phenoxy) is 1. The van der Waals surface area contributed by atoms with Gasteiger partial charge in [0.25, 0.3) is 0 Å². The van der Waals surface area contributed by atoms with E-state index in [1.54, 1.807) is 36.4 Å². The largest absolute Gasteiger partial charge is 0.497 e. The number of benzene rings is 1. The van der Waals surface area contributed by atoms with Gasteiger partial charge in [-0.15, -0.1) is 0 Å². The van der Waals surface area contributed by atoms with Crippen molar-refractivity contribution >= 4 is 10.0 Å². The van der Waals surface area contributed by atoms with Crippen LogP contribution in [0.25, 0.3) is 0 Å². The molecule has 0 saturated carbocycles. The highest BCUT2D eigenvalue weighted by molar-refractivity contribution is 7.89. The Kier molecular flexibility index (Phi) is 4.73. The van der Waals surface area contributed by atoms with Gasteiger partial charge >= 0.3 is 0 Å². The molecule has 0 fully saturated rings. The van der Waals surface area contributed by atoms with Crippen LogP contribution in [0.3, 0.4) is 0 Å². The molecule has 24 heavy (non-hydrogen) atoms. The van der Waals surface area contributed by atoms with Crippen LogP contribution in [0.15, 0.2) is 74.8 Å². The molecule has 0 radical (unpaired) electrons. The van der Waals surface area contributed by atoms with E-state index in [9.17, 15) is 8.42 Å². The van der Waals surface area contributed by atoms with E-state index in [-0.39, 0.29) is 18.0 Å². The lowest BCUT2D eigenvalue weighted by atomic mass is 10.3. The average Bonchev–Trinajstić information content (AvgIpc) is 3.28. The second kappa shape index (κ2) is 6.94. The Morgan fingerprint density at radius 1 is 0.917 bits per heavy atom. The van der Waals surface area contributed by atoms with Crippen molar-refractivity contribution in [2.75, 3.05) is 7.11 Å². The van der Waals surface area contributed by atoms with E-state index < -0.39 is 10.0 Å². The van der Waals surface area contributed by atoms with Crippen LogP contribution >= 0.6 is 0 Å². The van der Waals surface area contributed by atoms with Crippen LogP contribution in [0.2, 0.25) is 0 Å². The molecular formula is C17H17NO5S. The third-order valence-electron chi connectivity index (χ3n) is 3.52. The molecule has 0 saturated heterocycles. The summed E-state index contributed by atoms with van der Waals surface area (Å²) in [6, 6.07) is 13.2. The summed E-state index contributed by atoms with van der Waals surface area (Å²) in [4.78, 5) is 0.182. The van der Waals surface area contributed by atoms with Gasteiger partial charge in [-0.2, -0.15) is 4.31 Å². The minimum atomic E-state index is -3.72. The highest BCUT2D eigenvalue weighted by Gasteiger charge is 2.26. The number of rotatable bonds is 7. The van der Waals surface area contributed by atoms with Crippen molar-refractivity contribution in [2.45, 2.75) is 18.0 Å². The Balaban J connectivity index is 1.92. The molecule has 3 rings (SSSR count). The summed E-state index contributed by atoms with van der Waals surface area (Å²) in [5.74, 6) is 1.70. The topological polar surface area (TPSA) is 72.9 Å². The zero-order chi connectivity index (χ0) is 17.0. The number of nitrogens with zero attached hydrogens (tertiary/aromatic N) is 1. The summed E-state index contributed by atoms with van der Waals surface area (Å²) < 4.78 is 42.9. The van der Waals surface area contributed by atoms with Crippen LogP contribution < -0.4 is 4.74 Å². The predicted molar refractivity (Wildman–Crippen MR) is 86.8 cm³/mol. The molecule has 6 nitrogen and oxygen atoms in total. The number of furan rings is 2. The zero-order valence-electron chi connectivity index (χ0n) is 13.1. The normalized spacial score (nSPS) is 11.8. The minimum absolute atomic E-state index is 0.113. The Labute approximate surface area is 140 Å². The summed E-state index contributed by atoms with van der Waals surface area (Å²) in [5, 5.41) is 0. The Morgan fingerprint density at radius 3 is 1.88 bits per heavy atom. The SMILES string of the molecule is COc1ccc(S(=O)(=O)N(Cc2ccco2)Cc2ccco2)cc1. The second-order valence-corrected chi connectivity index (χ2v) is 7.05. The molecule has 0 unspecified atom stereocenters. The summed E-state index contributed by atoms with van der Waals surface area (Å²) in [5.41, 5.74) is 0. The monoisotopic (exact) mass is 347 g/mol. The molecule has 0 atom stereocenters. The molecule has 3 aromatic rings. The predicted octanol–water partition coefficient (Wildman–Crippen LogP) is 3.27. The van der Waals surface area contributed by atoms with Gasteiger partial charge in [-0.25, -0.2) is 8.42 Å². The van der Waals surface area contributed by atoms with Crippen molar-refractivity contribution in [1.82, 2.24) is 4.31 Å². The number of methoxy groups -OCH3 is 1. The minimum Gasteiger partial charge on any atom is -0.497 e. The standard InChI is InChI=1S/C17H17NO5S/c1-21-14-6-8-17(9-7-14)24(19,20)18(12-15-4-2-10-22-15)13-16-5-3-11-23-16/h2-11H,12-13H2,1H3. The first-order valence-corrected chi connectivity index (χ1v) is 8.72. The van der Waals surface area contributed by atoms with Gasteiger partial charge in [-0.1, -0.05) is 0 Å². The molecule has 2 aromatic heterocycles. The van der Waals surface area contributed by atoms with Crippen molar-refractivity contribution in [3.8, 4) is 5.75 Å². The van der Waals surface area contributed by atoms with Gasteiger partial charge in [0.1, 0.15) is 17.3 Å². The fraction of sp³-hybridized carbons (Fsp3) is 0.176. The van der Waals surface area contributed by atoms with Gasteiger partial charge < -0.3 is 13.6 Å². The van der Waals surface area contributed by atoms with E-state index in [4.69, 9.17) is 13.6 Å². The fourth-order valence-corrected chi connectivity index (χ4v) is 3.65. The zero-order valence-corrected chi connectivity index (χ0v) is 13.9. The summed E-state index contributed by atoms with van der Waals surface area (Å²) in [7, 11) is -2.19. The van der Waals surface area contributed by atoms with Gasteiger partial charge in [0.05, 0.1) is 37.6 Å². The summed E-state index contributed by atoms with van der Waals surface area (Å²) in [6.45, 7) is 0.226. The maximum Gasteiger partial charge on any atom is 0.243 e. The lowest BCUT2D eigenvalue weighted by molar-refractivity contribution is 0.330. The van der Waals surface area contributed by atoms with Gasteiger partial charge in [0.2, 0.25) is 10.0 Å². The highest BCUT2D eigenvalue weighted by Crippen LogP contribution is 2.23. The molecule has 0 N–H and O–H groups in total. The van der Waals surface area contributed by atoms with E-state index in [0.717, 1.165) is 0 Å². The highest BCUT2D eigenvalue weighted by atomic mass is 32.2. The number of hydrogen-bond acceptors (Lipinski definition) is 5. The lowest BCUT2D eigenvalue weighted by Gasteiger charge is -2.20. The third-order valence-corrected chi connectivity index (χ3v) is 5.33. The smallest absolute Gasteiger partial charge is 0.243 e. The third kappa shape index (κ3) is 3.52. The molecule has 0 aliphatic heterocycles. The molecule has 0 aliphatic carbocycles. The van der Waals surface area contributed by atoms with Gasteiger partial charge in [-0.05, 0) is 48.5 Å². The van der Waals surface area contributed by atoms with Crippen LogP contribution in [-0.2, 0) is 23.1 Å². The Hall–Kier alpha value is -2.51. The average molecular weight is 347 g/mol. The molecular weight excluding hydrogens is 330 g/mol. The van der Waals surface area contributed by atoms with Gasteiger partial charge in [0, 0.05) is 0 Å². The maximum atomic E-state index is 13.0. The Bertz CT molecular complexity index is 816. The van der Waals surface area contributed by atoms with Crippen molar-refractivity contribution < 1.29 is 22.0 Å². The van der Waals surface area contributed by atoms with E-state index in [1.807, 2.05) is 0 Å². The molecule has 0 aliphatic rings. The molecule has 2 heterocycles. The van der Waals surface area contributed by atoms with Gasteiger partial charge in [-0.3, -0.25) is 0 Å². The second-order valence-electron chi connectivity index (χ2n) is 5.11. The van der Waals surface area contributed by atoms with Crippen molar-refractivity contribution in [3.63, 3.8) is 0 Å². The van der Waals surface area contributed by atoms with E-state index in [1.165, 1.54) is 36.1 Å². The maximum absolute atomic E-state index is 13.0. The van der Waals surface area contributed by atoms with Crippen molar-refractivity contribution in [2.24, 2.45) is 0 Å². The Morgan fingerprint density at radius 2 is 1.46 bits per heavy atom. The summed E-state index contributed by atoms with van der Waals surface area (Å²) >= 11 is 0. The van der Waals surface area contributed by atoms with E-state index in [0.29, 0.717) is 17.3 Å². The summed E-state index contributed by atoms with van der Waals surface area (Å²) in [6.07, 6.45) is 3.03. The van der Waals surface area contributed by atoms with Crippen LogP contribution in [0.1, 0.15) is 11.5 Å². The first-order valence-electron chi connectivity index (χ1n) is 7.28. The number of sulfonamides is 1. The lowest BCUT2D eigenvalue weighted by Crippen LogP contribution is -2.30. The molecule has 0 amide bonds. The van der Waals surface area contributed by atoms with Crippen LogP contribution in [0, 0.1) is 0 Å². The molecule has 0 bridgehead atoms. The van der Waals surface area contributed by atoms with Crippen molar-refractivity contribution in [1.29, 1.82) is 0 Å². The van der Waals surface area contributed by atoms with E-state index in [2.05, 4.69) is 0 Å². The fourth-order valence-electron chi connectivity index (χ4n) is 2.28. The molecule has 7 heteroatoms. The molecule has 126 valence electrons. The van der Waals surface area contributed by atoms with Gasteiger partial charge in [0.15, 0.2) is 0 Å². The van der Waals surface area contributed by atoms with Crippen LogP contribution in [0.5, 0.6) is 5.75 Å².